The van der Waals surface area contributed by atoms with E-state index in [2.05, 4.69) is 49.8 Å². The van der Waals surface area contributed by atoms with Gasteiger partial charge in [0.2, 0.25) is 0 Å². The van der Waals surface area contributed by atoms with Gasteiger partial charge in [-0.15, -0.1) is 0 Å². The fraction of sp³-hybridized carbons (Fsp3) is 0.353. The van der Waals surface area contributed by atoms with Crippen molar-refractivity contribution in [1.82, 2.24) is 19.9 Å². The molecule has 5 heterocycles. The number of aliphatic carboxylic acids is 2. The van der Waals surface area contributed by atoms with Gasteiger partial charge in [0.15, 0.2) is 0 Å². The Balaban J connectivity index is 0.00000423. The molecule has 0 unspecified atom stereocenters. The first kappa shape index (κ1) is 32.3. The van der Waals surface area contributed by atoms with E-state index in [9.17, 15) is 19.8 Å². The van der Waals surface area contributed by atoms with E-state index in [4.69, 9.17) is 9.97 Å². The van der Waals surface area contributed by atoms with Crippen molar-refractivity contribution in [1.29, 1.82) is 0 Å². The topological polar surface area (TPSA) is 132 Å². The molecule has 0 saturated heterocycles. The molecule has 8 bridgehead atoms. The normalized spacial score (nSPS) is 13.0. The number of carboxylic acid groups (broad SMARTS) is 2. The zero-order chi connectivity index (χ0) is 30.3. The van der Waals surface area contributed by atoms with Crippen molar-refractivity contribution in [2.45, 2.75) is 80.1 Å². The summed E-state index contributed by atoms with van der Waals surface area (Å²) in [6, 6.07) is 8.19. The second kappa shape index (κ2) is 12.9. The summed E-state index contributed by atoms with van der Waals surface area (Å²) in [5.74, 6) is -1.72. The summed E-state index contributed by atoms with van der Waals surface area (Å²) in [5, 5.41) is 18.9. The Labute approximate surface area is 268 Å². The monoisotopic (exact) mass is 690 g/mol. The van der Waals surface area contributed by atoms with Gasteiger partial charge in [0, 0.05) is 34.9 Å². The number of nitrogens with zero attached hydrogens (tertiary/aromatic N) is 2. The summed E-state index contributed by atoms with van der Waals surface area (Å²) in [6.45, 7) is 12.5. The average Bonchev–Trinajstić information content (AvgIpc) is 3.59. The molecule has 0 spiro atoms. The molecule has 43 heavy (non-hydrogen) atoms. The Morgan fingerprint density at radius 1 is 0.628 bits per heavy atom. The molecule has 8 nitrogen and oxygen atoms in total. The molecule has 226 valence electrons. The Morgan fingerprint density at radius 2 is 1.07 bits per heavy atom. The van der Waals surface area contributed by atoms with Gasteiger partial charge in [-0.2, -0.15) is 0 Å². The van der Waals surface area contributed by atoms with Crippen LogP contribution in [-0.2, 0) is 22.4 Å². The number of fused-ring (bicyclic) bond motifs is 8. The molecule has 3 aromatic rings. The molecule has 2 aliphatic rings. The van der Waals surface area contributed by atoms with Crippen LogP contribution in [0.15, 0.2) is 24.3 Å². The molecule has 0 aromatic carbocycles. The molecule has 0 amide bonds. The first-order valence-electron chi connectivity index (χ1n) is 14.6. The van der Waals surface area contributed by atoms with Crippen LogP contribution in [0, 0.1) is 13.8 Å². The van der Waals surface area contributed by atoms with Crippen molar-refractivity contribution in [3.05, 3.63) is 69.3 Å². The summed E-state index contributed by atoms with van der Waals surface area (Å²) in [4.78, 5) is 40.3. The van der Waals surface area contributed by atoms with Crippen LogP contribution in [0.25, 0.3) is 44.4 Å². The van der Waals surface area contributed by atoms with Crippen LogP contribution >= 0.6 is 0 Å². The first-order chi connectivity index (χ1) is 20.0. The molecule has 9 heteroatoms. The van der Waals surface area contributed by atoms with Crippen molar-refractivity contribution in [3.8, 4) is 0 Å². The second-order valence-electron chi connectivity index (χ2n) is 11.2. The number of carboxylic acids is 2. The van der Waals surface area contributed by atoms with Crippen LogP contribution in [0.3, 0.4) is 0 Å². The molecule has 0 saturated carbocycles. The van der Waals surface area contributed by atoms with Crippen LogP contribution < -0.4 is 0 Å². The van der Waals surface area contributed by atoms with Crippen molar-refractivity contribution in [2.24, 2.45) is 0 Å². The molecule has 0 aliphatic carbocycles. The Hall–Kier alpha value is -3.64. The number of allylic oxidation sites excluding steroid dienone is 4. The number of rotatable bonds is 8. The Bertz CT molecular complexity index is 1860. The molecule has 0 fully saturated rings. The van der Waals surface area contributed by atoms with Gasteiger partial charge >= 0.3 is 36.4 Å². The van der Waals surface area contributed by atoms with Crippen molar-refractivity contribution in [2.75, 3.05) is 0 Å². The molecular weight excluding hydrogens is 650 g/mol. The van der Waals surface area contributed by atoms with Crippen molar-refractivity contribution < 1.29 is 19.8 Å². The van der Waals surface area contributed by atoms with E-state index in [0.717, 1.165) is 85.4 Å². The van der Waals surface area contributed by atoms with Gasteiger partial charge in [-0.05, 0) is 122 Å². The number of hydrogen-bond donors (Lipinski definition) is 4. The molecule has 2 aliphatic heterocycles. The number of aromatic nitrogens is 4. The average molecular weight is 691 g/mol. The number of aryl methyl sites for hydroxylation is 4. The molecule has 4 N–H and O–H groups in total. The third kappa shape index (κ3) is 6.21. The van der Waals surface area contributed by atoms with Crippen LogP contribution in [0.2, 0.25) is 0 Å². The van der Waals surface area contributed by atoms with Gasteiger partial charge in [0.1, 0.15) is 0 Å². The molecule has 5 rings (SSSR count). The SMILES string of the molecule is CCC1=C(C)c2cc3[nH]c(cc4nc(cc5[nH]c(cc1n2)c(C)c5CCC(=O)O)C(CCC(=O)O)=C4C)c(C)c3CC.[SbH3]. The third-order valence-corrected chi connectivity index (χ3v) is 8.69. The van der Waals surface area contributed by atoms with Gasteiger partial charge in [0.25, 0.3) is 0 Å². The van der Waals surface area contributed by atoms with Gasteiger partial charge in [-0.3, -0.25) is 9.59 Å². The standard InChI is InChI=1S/C34H38N4O4.Sb.3H/c1-7-21-17(3)25-13-26-19(5)23(9-11-33(39)40)31(37-26)16-32-24(10-12-34(41)42)20(6)28(38-32)15-30-22(8-2)18(4)27(36-30)14-29(21)35-25;;;;/h13-16,35,38H,7-12H2,1-6H3,(H,39,40)(H,41,42);;;;. The van der Waals surface area contributed by atoms with Gasteiger partial charge < -0.3 is 20.2 Å². The Kier molecular flexibility index (Phi) is 9.70. The fourth-order valence-electron chi connectivity index (χ4n) is 6.22. The van der Waals surface area contributed by atoms with E-state index in [1.807, 2.05) is 26.0 Å². The van der Waals surface area contributed by atoms with E-state index in [0.29, 0.717) is 18.5 Å². The predicted molar refractivity (Wildman–Crippen MR) is 178 cm³/mol. The van der Waals surface area contributed by atoms with Crippen molar-refractivity contribution in [3.63, 3.8) is 0 Å². The van der Waals surface area contributed by atoms with E-state index in [1.165, 1.54) is 11.1 Å². The van der Waals surface area contributed by atoms with Gasteiger partial charge in [-0.25, -0.2) is 9.97 Å². The summed E-state index contributed by atoms with van der Waals surface area (Å²) in [7, 11) is 0. The number of hydrogen-bond acceptors (Lipinski definition) is 4. The maximum absolute atomic E-state index is 11.5. The molecule has 0 radical (unpaired) electrons. The predicted octanol–water partition coefficient (Wildman–Crippen LogP) is 6.46. The number of carbonyl (C=O) groups is 2. The van der Waals surface area contributed by atoms with E-state index in [1.54, 1.807) is 0 Å². The molecule has 0 atom stereocenters. The second-order valence-corrected chi connectivity index (χ2v) is 11.2. The number of aromatic amines is 2. The summed E-state index contributed by atoms with van der Waals surface area (Å²) in [5.41, 5.74) is 15.4. The summed E-state index contributed by atoms with van der Waals surface area (Å²) >= 11 is 0. The number of nitrogens with one attached hydrogen (secondary N) is 2. The first-order valence-corrected chi connectivity index (χ1v) is 14.6. The van der Waals surface area contributed by atoms with Crippen LogP contribution in [0.1, 0.15) is 98.4 Å². The number of H-pyrrole nitrogens is 2. The van der Waals surface area contributed by atoms with E-state index in [-0.39, 0.29) is 37.3 Å². The summed E-state index contributed by atoms with van der Waals surface area (Å²) in [6.07, 6.45) is 2.39. The zero-order valence-electron chi connectivity index (χ0n) is 25.9. The van der Waals surface area contributed by atoms with E-state index >= 15 is 0 Å². The van der Waals surface area contributed by atoms with Crippen LogP contribution in [0.5, 0.6) is 0 Å². The summed E-state index contributed by atoms with van der Waals surface area (Å²) < 4.78 is 0. The maximum atomic E-state index is 11.5. The van der Waals surface area contributed by atoms with Crippen LogP contribution in [-0.4, -0.2) is 66.5 Å². The third-order valence-electron chi connectivity index (χ3n) is 8.69. The minimum atomic E-state index is -0.864. The van der Waals surface area contributed by atoms with Crippen molar-refractivity contribution >= 4 is 80.7 Å². The Morgan fingerprint density at radius 3 is 1.63 bits per heavy atom. The van der Waals surface area contributed by atoms with Gasteiger partial charge in [0.05, 0.1) is 22.8 Å². The molecular formula is C34H41N4O4Sb. The van der Waals surface area contributed by atoms with Gasteiger partial charge in [-0.1, -0.05) is 13.8 Å². The van der Waals surface area contributed by atoms with E-state index < -0.39 is 11.9 Å². The van der Waals surface area contributed by atoms with Crippen LogP contribution in [0.4, 0.5) is 0 Å². The quantitative estimate of drug-likeness (QED) is 0.201. The zero-order valence-corrected chi connectivity index (χ0v) is 29.9. The molecule has 3 aromatic heterocycles. The minimum absolute atomic E-state index is 0. The fourth-order valence-corrected chi connectivity index (χ4v) is 6.22.